The first-order valence-corrected chi connectivity index (χ1v) is 12.7. The number of anilines is 2. The molecule has 206 valence electrons. The maximum Gasteiger partial charge on any atom is 0.417 e. The minimum atomic E-state index is -4.62. The Morgan fingerprint density at radius 1 is 1.16 bits per heavy atom. The molecule has 0 aliphatic carbocycles. The summed E-state index contributed by atoms with van der Waals surface area (Å²) in [6.07, 6.45) is -1.65. The van der Waals surface area contributed by atoms with Crippen LogP contribution in [0.3, 0.4) is 0 Å². The number of likely N-dealkylation sites (N-methyl/N-ethyl adjacent to an activating group) is 1. The minimum Gasteiger partial charge on any atom is -0.384 e. The number of aromatic nitrogens is 4. The Hall–Kier alpha value is -3.14. The number of hydrogen-bond donors (Lipinski definition) is 1. The molecule has 38 heavy (non-hydrogen) atoms. The van der Waals surface area contributed by atoms with Crippen LogP contribution in [-0.2, 0) is 29.0 Å². The van der Waals surface area contributed by atoms with E-state index in [1.165, 1.54) is 0 Å². The lowest BCUT2D eigenvalue weighted by molar-refractivity contribution is -0.137. The lowest BCUT2D eigenvalue weighted by atomic mass is 10.1. The molecule has 2 aliphatic rings. The average molecular weight is 555 g/mol. The van der Waals surface area contributed by atoms with Crippen LogP contribution in [0.1, 0.15) is 18.1 Å². The summed E-state index contributed by atoms with van der Waals surface area (Å²) < 4.78 is 65.4. The topological polar surface area (TPSA) is 122 Å². The summed E-state index contributed by atoms with van der Waals surface area (Å²) in [4.78, 5) is 15.3. The molecule has 0 amide bonds. The number of piperazine rings is 1. The number of halogens is 3. The Labute approximate surface area is 221 Å². The van der Waals surface area contributed by atoms with E-state index in [4.69, 9.17) is 18.9 Å². The van der Waals surface area contributed by atoms with Crippen LogP contribution in [0.5, 0.6) is 0 Å². The van der Waals surface area contributed by atoms with Crippen molar-refractivity contribution in [2.75, 3.05) is 63.6 Å². The van der Waals surface area contributed by atoms with E-state index in [0.717, 1.165) is 56.1 Å². The fourth-order valence-corrected chi connectivity index (χ4v) is 4.64. The first-order chi connectivity index (χ1) is 18.1. The molecule has 2 saturated heterocycles. The van der Waals surface area contributed by atoms with Gasteiger partial charge in [0.15, 0.2) is 11.6 Å². The zero-order chi connectivity index (χ0) is 27.4. The Balaban J connectivity index is 0.00000107. The summed E-state index contributed by atoms with van der Waals surface area (Å²) in [5, 5.41) is 4.50. The van der Waals surface area contributed by atoms with Gasteiger partial charge in [-0.1, -0.05) is 0 Å². The molecule has 0 bridgehead atoms. The molecule has 5 rings (SSSR count). The van der Waals surface area contributed by atoms with Crippen molar-refractivity contribution >= 4 is 28.7 Å². The number of alkyl halides is 3. The molecule has 3 aromatic heterocycles. The van der Waals surface area contributed by atoms with Crippen LogP contribution in [0.4, 0.5) is 24.8 Å². The van der Waals surface area contributed by atoms with Crippen LogP contribution in [0, 0.1) is 0 Å². The first-order valence-electron chi connectivity index (χ1n) is 12.0. The van der Waals surface area contributed by atoms with Crippen molar-refractivity contribution in [1.82, 2.24) is 29.4 Å². The predicted octanol–water partition coefficient (Wildman–Crippen LogP) is 1.69. The lowest BCUT2D eigenvalue weighted by Crippen LogP contribution is -2.44. The van der Waals surface area contributed by atoms with E-state index in [9.17, 15) is 13.2 Å². The van der Waals surface area contributed by atoms with Crippen molar-refractivity contribution in [3.8, 4) is 11.4 Å². The van der Waals surface area contributed by atoms with E-state index in [2.05, 4.69) is 36.8 Å². The highest BCUT2D eigenvalue weighted by Crippen LogP contribution is 2.37. The molecule has 11 nitrogen and oxygen atoms in total. The quantitative estimate of drug-likeness (QED) is 0.510. The van der Waals surface area contributed by atoms with Gasteiger partial charge in [0, 0.05) is 51.7 Å². The minimum absolute atomic E-state index is 0.0120. The third kappa shape index (κ3) is 6.28. The molecular formula is C23H29F3N8O3S. The van der Waals surface area contributed by atoms with Gasteiger partial charge in [-0.2, -0.15) is 21.6 Å². The Kier molecular flexibility index (Phi) is 8.60. The molecule has 1 atom stereocenters. The predicted molar refractivity (Wildman–Crippen MR) is 135 cm³/mol. The number of fused-ring (bicyclic) bond motifs is 1. The van der Waals surface area contributed by atoms with Crippen LogP contribution in [0.25, 0.3) is 16.9 Å². The summed E-state index contributed by atoms with van der Waals surface area (Å²) in [5.74, 6) is 0.327. The molecule has 5 heterocycles. The van der Waals surface area contributed by atoms with Crippen molar-refractivity contribution < 1.29 is 26.3 Å². The van der Waals surface area contributed by atoms with Gasteiger partial charge in [-0.3, -0.25) is 4.90 Å². The highest BCUT2D eigenvalue weighted by Gasteiger charge is 2.36. The second kappa shape index (κ2) is 11.7. The van der Waals surface area contributed by atoms with Gasteiger partial charge >= 0.3 is 17.7 Å². The van der Waals surface area contributed by atoms with Crippen molar-refractivity contribution in [3.05, 3.63) is 35.7 Å². The van der Waals surface area contributed by atoms with Crippen LogP contribution < -0.4 is 10.6 Å². The molecule has 2 fully saturated rings. The summed E-state index contributed by atoms with van der Waals surface area (Å²) in [6.45, 7) is 8.27. The highest BCUT2D eigenvalue weighted by molar-refractivity contribution is 7.51. The number of morpholine rings is 1. The van der Waals surface area contributed by atoms with E-state index >= 15 is 0 Å². The zero-order valence-electron chi connectivity index (χ0n) is 21.0. The largest absolute Gasteiger partial charge is 0.417 e. The smallest absolute Gasteiger partial charge is 0.384 e. The van der Waals surface area contributed by atoms with E-state index in [-0.39, 0.29) is 23.2 Å². The van der Waals surface area contributed by atoms with Gasteiger partial charge in [0.1, 0.15) is 11.3 Å². The number of nitrogen functional groups attached to an aromatic ring is 1. The SMILES string of the molecule is C[C@H]1COCCN1c1nc(-c2cnc(N)cc2C(F)(F)F)nn2cc(CN3CCN(C)CC3)cc12.O=S=O. The Morgan fingerprint density at radius 2 is 1.87 bits per heavy atom. The van der Waals surface area contributed by atoms with E-state index < -0.39 is 23.3 Å². The summed E-state index contributed by atoms with van der Waals surface area (Å²) >= 11 is -0.750. The maximum absolute atomic E-state index is 13.9. The third-order valence-electron chi connectivity index (χ3n) is 6.61. The number of nitrogens with two attached hydrogens (primary N) is 1. The number of rotatable bonds is 4. The van der Waals surface area contributed by atoms with E-state index in [0.29, 0.717) is 25.6 Å². The zero-order valence-corrected chi connectivity index (χ0v) is 21.8. The second-order valence-electron chi connectivity index (χ2n) is 9.35. The third-order valence-corrected chi connectivity index (χ3v) is 6.61. The molecule has 0 saturated carbocycles. The van der Waals surface area contributed by atoms with Crippen LogP contribution in [0.15, 0.2) is 24.5 Å². The van der Waals surface area contributed by atoms with Gasteiger partial charge in [0.05, 0.1) is 30.4 Å². The number of hydrogen-bond acceptors (Lipinski definition) is 10. The van der Waals surface area contributed by atoms with E-state index in [1.54, 1.807) is 4.52 Å². The van der Waals surface area contributed by atoms with Crippen LogP contribution in [-0.4, -0.2) is 96.8 Å². The fraction of sp³-hybridized carbons (Fsp3) is 0.522. The molecule has 2 N–H and O–H groups in total. The maximum atomic E-state index is 13.9. The standard InChI is InChI=1S/C23H29F3N8O.O2S/c1-15-14-35-8-7-33(15)22-19-9-16(12-32-5-3-31(2)4-6-32)13-34(19)30-21(29-22)17-11-28-20(27)10-18(17)23(24,25)26;1-3-2/h9-11,13,15H,3-8,12,14H2,1-2H3,(H2,27,28);/t15-;/m0./s1. The first kappa shape index (κ1) is 27.9. The van der Waals surface area contributed by atoms with Gasteiger partial charge < -0.3 is 20.3 Å². The second-order valence-corrected chi connectivity index (χ2v) is 9.49. The molecule has 15 heteroatoms. The summed E-state index contributed by atoms with van der Waals surface area (Å²) in [6, 6.07) is 2.87. The number of nitrogens with zero attached hydrogens (tertiary/aromatic N) is 7. The van der Waals surface area contributed by atoms with Crippen molar-refractivity contribution in [2.24, 2.45) is 0 Å². The molecule has 3 aromatic rings. The summed E-state index contributed by atoms with van der Waals surface area (Å²) in [5.41, 5.74) is 6.25. The molecular weight excluding hydrogens is 525 g/mol. The van der Waals surface area contributed by atoms with Gasteiger partial charge in [-0.15, -0.1) is 5.10 Å². The molecule has 2 aliphatic heterocycles. The number of ether oxygens (including phenoxy) is 1. The molecule has 0 radical (unpaired) electrons. The van der Waals surface area contributed by atoms with Crippen molar-refractivity contribution in [1.29, 1.82) is 0 Å². The molecule has 0 unspecified atom stereocenters. The van der Waals surface area contributed by atoms with Gasteiger partial charge in [0.2, 0.25) is 0 Å². The van der Waals surface area contributed by atoms with Crippen LogP contribution in [0.2, 0.25) is 0 Å². The van der Waals surface area contributed by atoms with Crippen molar-refractivity contribution in [3.63, 3.8) is 0 Å². The number of pyridine rings is 1. The normalized spacial score (nSPS) is 19.3. The van der Waals surface area contributed by atoms with Crippen molar-refractivity contribution in [2.45, 2.75) is 25.7 Å². The molecule has 0 spiro atoms. The van der Waals surface area contributed by atoms with Gasteiger partial charge in [0.25, 0.3) is 0 Å². The monoisotopic (exact) mass is 554 g/mol. The lowest BCUT2D eigenvalue weighted by Gasteiger charge is -2.34. The van der Waals surface area contributed by atoms with Crippen LogP contribution >= 0.6 is 0 Å². The Bertz CT molecular complexity index is 1310. The highest BCUT2D eigenvalue weighted by atomic mass is 32.1. The Morgan fingerprint density at radius 3 is 2.53 bits per heavy atom. The van der Waals surface area contributed by atoms with Gasteiger partial charge in [-0.05, 0) is 31.7 Å². The fourth-order valence-electron chi connectivity index (χ4n) is 4.64. The summed E-state index contributed by atoms with van der Waals surface area (Å²) in [7, 11) is 2.11. The van der Waals surface area contributed by atoms with Gasteiger partial charge in [-0.25, -0.2) is 14.5 Å². The molecule has 0 aromatic carbocycles. The van der Waals surface area contributed by atoms with E-state index in [1.807, 2.05) is 19.2 Å². The average Bonchev–Trinajstić information content (AvgIpc) is 3.27.